The molecule has 24 rings (SSSR count). The smallest absolute Gasteiger partial charge is 0.157 e. The van der Waals surface area contributed by atoms with Crippen LogP contribution in [0.5, 0.6) is 0 Å². The second-order valence-electron chi connectivity index (χ2n) is 27.6. The molecule has 3 aromatic heterocycles. The van der Waals surface area contributed by atoms with Crippen LogP contribution in [-0.4, -0.2) is 0 Å². The Labute approximate surface area is 581 Å². The van der Waals surface area contributed by atoms with Crippen LogP contribution in [0, 0.1) is 0 Å². The molecule has 0 N–H and O–H groups in total. The Bertz CT molecular complexity index is 6370. The van der Waals surface area contributed by atoms with Crippen LogP contribution < -0.4 is 61.4 Å². The van der Waals surface area contributed by atoms with Gasteiger partial charge in [0, 0.05) is 51.2 Å². The standard InChI is InChI=1S/2C32H22NP.C30H20NP/c1-3-12-22(13-4-1)34(23-14-5-2-6-15-23)28-20-11-18-26-24-16-7-8-17-25(24)29-27-19-9-10-21-33(27)32(34)31(29)30(26)28;1-3-13-25(14-4-1)34(26-15-5-2-6-16-26)29-17-9-12-22-18-19-27-28-20-23-10-7-8-11-24(23)21-33(28)32(34)31(27)30(22)29;1-3-11-23(12-4-1)32(24-13-5-2-6-14-24)25-15-7-9-21-19-22-17-16-20-10-8-18-31-29(20)27(22)28(26(21)25)30(31)32/h2*1-21,32H;1-19,30H/q3*+2. The van der Waals surface area contributed by atoms with Crippen LogP contribution >= 0.6 is 21.8 Å². The first kappa shape index (κ1) is 56.8. The van der Waals surface area contributed by atoms with E-state index in [1.807, 2.05) is 0 Å². The van der Waals surface area contributed by atoms with Crippen LogP contribution in [-0.2, 0) is 0 Å². The molecule has 0 aliphatic carbocycles. The zero-order chi connectivity index (χ0) is 65.4. The van der Waals surface area contributed by atoms with Gasteiger partial charge in [-0.2, -0.15) is 13.7 Å². The predicted molar refractivity (Wildman–Crippen MR) is 424 cm³/mol. The Morgan fingerprint density at radius 3 is 1.25 bits per heavy atom. The van der Waals surface area contributed by atoms with E-state index in [9.17, 15) is 0 Å². The van der Waals surface area contributed by atoms with Crippen LogP contribution in [0.25, 0.3) is 98.1 Å². The molecule has 6 heteroatoms. The van der Waals surface area contributed by atoms with Crippen LogP contribution in [0.1, 0.15) is 34.0 Å². The minimum absolute atomic E-state index is 0.271. The van der Waals surface area contributed by atoms with Gasteiger partial charge in [-0.25, -0.2) is 0 Å². The maximum Gasteiger partial charge on any atom is 0.298 e. The normalized spacial score (nSPS) is 16.9. The number of fused-ring (bicyclic) bond motifs is 11. The third kappa shape index (κ3) is 7.32. The minimum Gasteiger partial charge on any atom is -0.157 e. The Hall–Kier alpha value is -11.1. The first-order valence-electron chi connectivity index (χ1n) is 35.0. The van der Waals surface area contributed by atoms with Gasteiger partial charge in [-0.15, -0.1) is 0 Å². The zero-order valence-electron chi connectivity index (χ0n) is 54.6. The lowest BCUT2D eigenvalue weighted by Gasteiger charge is -2.26. The van der Waals surface area contributed by atoms with E-state index >= 15 is 0 Å². The minimum atomic E-state index is -2.03. The van der Waals surface area contributed by atoms with Crippen molar-refractivity contribution in [2.24, 2.45) is 0 Å². The maximum absolute atomic E-state index is 2.61. The summed E-state index contributed by atoms with van der Waals surface area (Å²) >= 11 is 0. The molecular formula is C94H64N3P3+6. The molecule has 3 atom stereocenters. The predicted octanol–water partition coefficient (Wildman–Crippen LogP) is 17.8. The van der Waals surface area contributed by atoms with E-state index in [1.54, 1.807) is 5.56 Å². The molecule has 0 spiro atoms. The van der Waals surface area contributed by atoms with Crippen LogP contribution in [0.15, 0.2) is 370 Å². The van der Waals surface area contributed by atoms with Crippen molar-refractivity contribution in [3.8, 4) is 22.5 Å². The molecule has 3 nitrogen and oxygen atoms in total. The molecule has 3 unspecified atom stereocenters. The number of hydrogen-bond donors (Lipinski definition) is 0. The second-order valence-corrected chi connectivity index (χ2v) is 38.0. The number of pyridine rings is 3. The molecule has 6 aliphatic rings. The van der Waals surface area contributed by atoms with Gasteiger partial charge < -0.3 is 0 Å². The van der Waals surface area contributed by atoms with E-state index in [0.717, 1.165) is 0 Å². The third-order valence-corrected chi connectivity index (χ3v) is 36.9. The van der Waals surface area contributed by atoms with Gasteiger partial charge in [0.25, 0.3) is 17.3 Å². The summed E-state index contributed by atoms with van der Waals surface area (Å²) in [4.78, 5) is 0. The zero-order valence-corrected chi connectivity index (χ0v) is 57.3. The highest BCUT2D eigenvalue weighted by Gasteiger charge is 2.71. The average Bonchev–Trinajstić information content (AvgIpc) is 1.51. The van der Waals surface area contributed by atoms with Crippen molar-refractivity contribution >= 4 is 145 Å². The van der Waals surface area contributed by atoms with Crippen molar-refractivity contribution < 1.29 is 13.7 Å². The largest absolute Gasteiger partial charge is 0.298 e. The Morgan fingerprint density at radius 1 is 0.230 bits per heavy atom. The van der Waals surface area contributed by atoms with E-state index < -0.39 is 21.8 Å². The average molecular weight is 1330 g/mol. The van der Waals surface area contributed by atoms with Gasteiger partial charge in [0.1, 0.15) is 47.7 Å². The van der Waals surface area contributed by atoms with Crippen molar-refractivity contribution in [1.29, 1.82) is 0 Å². The third-order valence-electron chi connectivity index (χ3n) is 23.1. The summed E-state index contributed by atoms with van der Waals surface area (Å²) in [6, 6.07) is 132. The molecule has 18 aromatic rings. The van der Waals surface area contributed by atoms with E-state index in [1.165, 1.54) is 157 Å². The number of benzene rings is 15. The molecule has 0 saturated carbocycles. The van der Waals surface area contributed by atoms with Crippen molar-refractivity contribution in [1.82, 2.24) is 0 Å². The van der Waals surface area contributed by atoms with E-state index in [0.29, 0.717) is 5.78 Å². The van der Waals surface area contributed by atoms with Gasteiger partial charge in [-0.05, 0) is 165 Å². The molecule has 15 aromatic carbocycles. The van der Waals surface area contributed by atoms with E-state index in [2.05, 4.69) is 384 Å². The van der Waals surface area contributed by atoms with Crippen molar-refractivity contribution in [2.45, 2.75) is 17.3 Å². The van der Waals surface area contributed by atoms with Gasteiger partial charge in [0.05, 0.1) is 33.2 Å². The van der Waals surface area contributed by atoms with Crippen LogP contribution in [0.2, 0.25) is 0 Å². The maximum atomic E-state index is 2.61. The lowest BCUT2D eigenvalue weighted by Crippen LogP contribution is -2.45. The molecule has 6 aliphatic heterocycles. The van der Waals surface area contributed by atoms with Crippen molar-refractivity contribution in [2.75, 3.05) is 0 Å². The van der Waals surface area contributed by atoms with Gasteiger partial charge in [-0.1, -0.05) is 200 Å². The first-order valence-corrected chi connectivity index (χ1v) is 40.6. The summed E-state index contributed by atoms with van der Waals surface area (Å²) in [5.41, 5.74) is 11.5. The molecule has 464 valence electrons. The Morgan fingerprint density at radius 2 is 0.650 bits per heavy atom. The number of nitrogens with zero attached hydrogens (tertiary/aromatic N) is 3. The molecule has 100 heavy (non-hydrogen) atoms. The summed E-state index contributed by atoms with van der Waals surface area (Å²) in [7, 11) is -6.02. The fraction of sp³-hybridized carbons (Fsp3) is 0.0319. The number of rotatable bonds is 6. The van der Waals surface area contributed by atoms with E-state index in [-0.39, 0.29) is 11.6 Å². The summed E-state index contributed by atoms with van der Waals surface area (Å²) in [5.74, 6) is 0.845. The molecule has 9 heterocycles. The molecule has 0 fully saturated rings. The monoisotopic (exact) mass is 1330 g/mol. The molecule has 0 amide bonds. The summed E-state index contributed by atoms with van der Waals surface area (Å²) < 4.78 is 7.81. The SMILES string of the molecule is c1ccc([P+]2(c3ccccc3)c3cccc4c3c3c(c5ccccc54)-c4cccc[n+]4C32)cc1.c1ccc([P+]2(c3ccccc3)c3cccc4cc5ccc6ccc[n+]7c6c5c(c34)C72)cc1.c1ccc([P+]2(c3ccccc3)c3cccc4ccc5c(c34)C2[n+]2cc3ccccc3cc2-5)cc1. The molecule has 0 bridgehead atoms. The lowest BCUT2D eigenvalue weighted by atomic mass is 9.92. The molecular weight excluding hydrogens is 1260 g/mol. The summed E-state index contributed by atoms with van der Waals surface area (Å²) in [6.07, 6.45) is 7.05. The van der Waals surface area contributed by atoms with E-state index in [4.69, 9.17) is 0 Å². The fourth-order valence-electron chi connectivity index (χ4n) is 19.6. The van der Waals surface area contributed by atoms with Crippen LogP contribution in [0.3, 0.4) is 0 Å². The molecule has 0 radical (unpaired) electrons. The lowest BCUT2D eigenvalue weighted by molar-refractivity contribution is -0.676. The molecule has 0 saturated heterocycles. The summed E-state index contributed by atoms with van der Waals surface area (Å²) in [6.45, 7) is 0. The number of aromatic nitrogens is 3. The summed E-state index contributed by atoms with van der Waals surface area (Å²) in [5, 5.41) is 31.4. The van der Waals surface area contributed by atoms with Gasteiger partial charge in [0.15, 0.2) is 40.4 Å². The number of hydrogen-bond acceptors (Lipinski definition) is 0. The highest BCUT2D eigenvalue weighted by Crippen LogP contribution is 2.76. The Kier molecular flexibility index (Phi) is 12.2. The topological polar surface area (TPSA) is 11.6 Å². The van der Waals surface area contributed by atoms with Gasteiger partial charge in [0.2, 0.25) is 16.9 Å². The van der Waals surface area contributed by atoms with Gasteiger partial charge in [-0.3, -0.25) is 0 Å². The quantitative estimate of drug-likeness (QED) is 0.0681. The second kappa shape index (κ2) is 21.4. The van der Waals surface area contributed by atoms with Gasteiger partial charge >= 0.3 is 0 Å². The highest BCUT2D eigenvalue weighted by molar-refractivity contribution is 7.97. The Balaban J connectivity index is 0.0000000955. The van der Waals surface area contributed by atoms with Crippen molar-refractivity contribution in [3.05, 3.63) is 387 Å². The van der Waals surface area contributed by atoms with Crippen molar-refractivity contribution in [3.63, 3.8) is 0 Å². The highest BCUT2D eigenvalue weighted by atomic mass is 31.2. The van der Waals surface area contributed by atoms with Crippen LogP contribution in [0.4, 0.5) is 0 Å². The fourth-order valence-corrected chi connectivity index (χ4v) is 34.9. The first-order chi connectivity index (χ1) is 49.7.